The molecule has 1 aromatic carbocycles. The van der Waals surface area contributed by atoms with Crippen LogP contribution in [0.15, 0.2) is 40.0 Å². The number of nitrogens with two attached hydrogens (primary N) is 1. The van der Waals surface area contributed by atoms with Crippen LogP contribution in [0.25, 0.3) is 0 Å². The van der Waals surface area contributed by atoms with Crippen LogP contribution in [-0.2, 0) is 0 Å². The molecule has 0 aliphatic heterocycles. The Bertz CT molecular complexity index is 540. The van der Waals surface area contributed by atoms with E-state index in [0.717, 1.165) is 16.0 Å². The van der Waals surface area contributed by atoms with Crippen molar-refractivity contribution in [2.24, 2.45) is 5.84 Å². The minimum absolute atomic E-state index is 0.0338. The van der Waals surface area contributed by atoms with E-state index in [2.05, 4.69) is 57.4 Å². The summed E-state index contributed by atoms with van der Waals surface area (Å²) in [6.07, 6.45) is 1.57. The van der Waals surface area contributed by atoms with Crippen LogP contribution < -0.4 is 11.3 Å². The van der Waals surface area contributed by atoms with Crippen LogP contribution in [0.5, 0.6) is 0 Å². The van der Waals surface area contributed by atoms with Gasteiger partial charge in [-0.1, -0.05) is 15.9 Å². The summed E-state index contributed by atoms with van der Waals surface area (Å²) in [5, 5.41) is 4.25. The number of benzene rings is 1. The minimum atomic E-state index is -0.0338. The molecule has 0 radical (unpaired) electrons. The zero-order valence-corrected chi connectivity index (χ0v) is 13.9. The summed E-state index contributed by atoms with van der Waals surface area (Å²) in [4.78, 5) is 5.52. The van der Waals surface area contributed by atoms with Crippen LogP contribution in [-0.4, -0.2) is 20.5 Å². The Morgan fingerprint density at radius 2 is 2.05 bits per heavy atom. The molecule has 2 rings (SSSR count). The van der Waals surface area contributed by atoms with E-state index in [1.807, 2.05) is 16.8 Å². The smallest absolute Gasteiger partial charge is 0.146 e. The molecule has 0 amide bonds. The van der Waals surface area contributed by atoms with Gasteiger partial charge in [0.2, 0.25) is 0 Å². The van der Waals surface area contributed by atoms with Gasteiger partial charge in [0.05, 0.1) is 6.04 Å². The fraction of sp³-hybridized carbons (Fsp3) is 0.385. The first kappa shape index (κ1) is 15.5. The van der Waals surface area contributed by atoms with Gasteiger partial charge in [0.1, 0.15) is 12.2 Å². The fourth-order valence-corrected chi connectivity index (χ4v) is 3.01. The molecule has 0 bridgehead atoms. The standard InChI is InChI=1S/C13H18BrN5S/c1-9(2)19-13(16-8-17-19)12(18-15)7-20-11-5-3-10(14)4-6-11/h3-6,8-9,12,18H,7,15H2,1-2H3. The summed E-state index contributed by atoms with van der Waals surface area (Å²) in [6, 6.07) is 8.45. The predicted molar refractivity (Wildman–Crippen MR) is 85.3 cm³/mol. The average Bonchev–Trinajstić information content (AvgIpc) is 2.91. The zero-order valence-electron chi connectivity index (χ0n) is 11.5. The number of hydrazine groups is 1. The minimum Gasteiger partial charge on any atom is -0.271 e. The van der Waals surface area contributed by atoms with Gasteiger partial charge in [-0.15, -0.1) is 11.8 Å². The van der Waals surface area contributed by atoms with Gasteiger partial charge in [-0.2, -0.15) is 5.10 Å². The fourth-order valence-electron chi connectivity index (χ4n) is 1.81. The van der Waals surface area contributed by atoms with Crippen molar-refractivity contribution in [2.75, 3.05) is 5.75 Å². The first-order valence-electron chi connectivity index (χ1n) is 6.35. The van der Waals surface area contributed by atoms with Crippen molar-refractivity contribution in [3.05, 3.63) is 40.9 Å². The van der Waals surface area contributed by atoms with Gasteiger partial charge in [-0.3, -0.25) is 5.84 Å². The Balaban J connectivity index is 2.05. The van der Waals surface area contributed by atoms with Crippen molar-refractivity contribution in [3.8, 4) is 0 Å². The largest absolute Gasteiger partial charge is 0.271 e. The molecule has 1 heterocycles. The second kappa shape index (κ2) is 7.21. The van der Waals surface area contributed by atoms with Gasteiger partial charge in [-0.05, 0) is 38.1 Å². The average molecular weight is 356 g/mol. The number of nitrogens with one attached hydrogen (secondary N) is 1. The van der Waals surface area contributed by atoms with E-state index >= 15 is 0 Å². The number of aromatic nitrogens is 3. The lowest BCUT2D eigenvalue weighted by atomic mass is 10.3. The molecule has 20 heavy (non-hydrogen) atoms. The van der Waals surface area contributed by atoms with Gasteiger partial charge in [0.25, 0.3) is 0 Å². The molecule has 0 aliphatic rings. The first-order chi connectivity index (χ1) is 9.61. The van der Waals surface area contributed by atoms with Crippen molar-refractivity contribution < 1.29 is 0 Å². The van der Waals surface area contributed by atoms with Crippen LogP contribution in [0, 0.1) is 0 Å². The molecule has 1 aromatic heterocycles. The van der Waals surface area contributed by atoms with Gasteiger partial charge in [-0.25, -0.2) is 15.1 Å². The summed E-state index contributed by atoms with van der Waals surface area (Å²) in [6.45, 7) is 4.15. The van der Waals surface area contributed by atoms with E-state index in [9.17, 15) is 0 Å². The maximum atomic E-state index is 5.67. The van der Waals surface area contributed by atoms with Crippen molar-refractivity contribution in [1.29, 1.82) is 0 Å². The van der Waals surface area contributed by atoms with Crippen LogP contribution in [0.2, 0.25) is 0 Å². The highest BCUT2D eigenvalue weighted by molar-refractivity contribution is 9.10. The molecular formula is C13H18BrN5S. The second-order valence-electron chi connectivity index (χ2n) is 4.64. The SMILES string of the molecule is CC(C)n1ncnc1C(CSc1ccc(Br)cc1)NN. The third kappa shape index (κ3) is 3.82. The number of nitrogens with zero attached hydrogens (tertiary/aromatic N) is 3. The highest BCUT2D eigenvalue weighted by Gasteiger charge is 2.18. The second-order valence-corrected chi connectivity index (χ2v) is 6.65. The lowest BCUT2D eigenvalue weighted by Gasteiger charge is -2.17. The number of halogens is 1. The van der Waals surface area contributed by atoms with E-state index < -0.39 is 0 Å². The molecule has 0 saturated carbocycles. The molecule has 1 atom stereocenters. The third-order valence-corrected chi connectivity index (χ3v) is 4.47. The van der Waals surface area contributed by atoms with Crippen molar-refractivity contribution in [1.82, 2.24) is 20.2 Å². The molecule has 0 fully saturated rings. The number of thioether (sulfide) groups is 1. The number of rotatable bonds is 6. The van der Waals surface area contributed by atoms with Crippen LogP contribution >= 0.6 is 27.7 Å². The molecule has 3 N–H and O–H groups in total. The number of hydrogen-bond donors (Lipinski definition) is 2. The van der Waals surface area contributed by atoms with Crippen molar-refractivity contribution >= 4 is 27.7 Å². The van der Waals surface area contributed by atoms with Crippen LogP contribution in [0.1, 0.15) is 31.8 Å². The van der Waals surface area contributed by atoms with E-state index in [0.29, 0.717) is 0 Å². The monoisotopic (exact) mass is 355 g/mol. The third-order valence-electron chi connectivity index (χ3n) is 2.83. The Morgan fingerprint density at radius 3 is 2.65 bits per heavy atom. The lowest BCUT2D eigenvalue weighted by Crippen LogP contribution is -2.32. The van der Waals surface area contributed by atoms with E-state index in [-0.39, 0.29) is 12.1 Å². The normalized spacial score (nSPS) is 12.8. The quantitative estimate of drug-likeness (QED) is 0.473. The van der Waals surface area contributed by atoms with E-state index in [1.54, 1.807) is 18.1 Å². The van der Waals surface area contributed by atoms with Crippen LogP contribution in [0.3, 0.4) is 0 Å². The highest BCUT2D eigenvalue weighted by Crippen LogP contribution is 2.25. The topological polar surface area (TPSA) is 68.8 Å². The van der Waals surface area contributed by atoms with E-state index in [4.69, 9.17) is 5.84 Å². The summed E-state index contributed by atoms with van der Waals surface area (Å²) in [5.74, 6) is 7.33. The molecule has 2 aromatic rings. The molecule has 0 aliphatic carbocycles. The molecule has 0 saturated heterocycles. The maximum Gasteiger partial charge on any atom is 0.146 e. The number of hydrogen-bond acceptors (Lipinski definition) is 5. The van der Waals surface area contributed by atoms with Gasteiger partial charge in [0, 0.05) is 21.2 Å². The molecule has 1 unspecified atom stereocenters. The van der Waals surface area contributed by atoms with Crippen molar-refractivity contribution in [2.45, 2.75) is 30.8 Å². The van der Waals surface area contributed by atoms with Crippen LogP contribution in [0.4, 0.5) is 0 Å². The first-order valence-corrected chi connectivity index (χ1v) is 8.13. The highest BCUT2D eigenvalue weighted by atomic mass is 79.9. The van der Waals surface area contributed by atoms with Crippen molar-refractivity contribution in [3.63, 3.8) is 0 Å². The lowest BCUT2D eigenvalue weighted by molar-refractivity contribution is 0.460. The van der Waals surface area contributed by atoms with Gasteiger partial charge < -0.3 is 0 Å². The summed E-state index contributed by atoms with van der Waals surface area (Å²) in [7, 11) is 0. The molecule has 108 valence electrons. The predicted octanol–water partition coefficient (Wildman–Crippen LogP) is 2.92. The Labute approximate surface area is 131 Å². The molecule has 5 nitrogen and oxygen atoms in total. The summed E-state index contributed by atoms with van der Waals surface area (Å²) in [5.41, 5.74) is 2.83. The van der Waals surface area contributed by atoms with E-state index in [1.165, 1.54) is 4.90 Å². The Hall–Kier alpha value is -0.890. The Morgan fingerprint density at radius 1 is 1.35 bits per heavy atom. The summed E-state index contributed by atoms with van der Waals surface area (Å²) < 4.78 is 2.97. The Kier molecular flexibility index (Phi) is 5.59. The zero-order chi connectivity index (χ0) is 14.5. The maximum absolute atomic E-state index is 5.67. The molecule has 7 heteroatoms. The molecular weight excluding hydrogens is 338 g/mol. The molecule has 0 spiro atoms. The summed E-state index contributed by atoms with van der Waals surface area (Å²) >= 11 is 5.17. The van der Waals surface area contributed by atoms with Gasteiger partial charge >= 0.3 is 0 Å². The van der Waals surface area contributed by atoms with Gasteiger partial charge in [0.15, 0.2) is 0 Å².